The summed E-state index contributed by atoms with van der Waals surface area (Å²) in [7, 11) is -3.23. The van der Waals surface area contributed by atoms with Crippen molar-refractivity contribution in [2.75, 3.05) is 12.3 Å². The summed E-state index contributed by atoms with van der Waals surface area (Å²) in [5, 5.41) is 8.84. The van der Waals surface area contributed by atoms with Gasteiger partial charge in [-0.05, 0) is 32.1 Å². The normalized spacial score (nSPS) is 24.2. The lowest BCUT2D eigenvalue weighted by molar-refractivity contribution is -0.151. The zero-order valence-corrected chi connectivity index (χ0v) is 13.0. The molecular weight excluding hydrogens is 294 g/mol. The minimum atomic E-state index is -3.23. The van der Waals surface area contributed by atoms with Crippen LogP contribution in [0.3, 0.4) is 0 Å². The maximum Gasteiger partial charge on any atom is 0.326 e. The van der Waals surface area contributed by atoms with Gasteiger partial charge in [-0.1, -0.05) is 12.8 Å². The SMILES string of the molecule is O=C(O)[C@@H]1CCCCN1C(=O)CCS(=O)(=O)C1CCCC1. The molecule has 1 N–H and O–H groups in total. The summed E-state index contributed by atoms with van der Waals surface area (Å²) in [6, 6.07) is -0.791. The van der Waals surface area contributed by atoms with Crippen LogP contribution < -0.4 is 0 Å². The smallest absolute Gasteiger partial charge is 0.326 e. The number of likely N-dealkylation sites (tertiary alicyclic amines) is 1. The molecule has 120 valence electrons. The van der Waals surface area contributed by atoms with Gasteiger partial charge < -0.3 is 10.0 Å². The molecule has 0 spiro atoms. The second kappa shape index (κ2) is 6.77. The number of carbonyl (C=O) groups excluding carboxylic acids is 1. The van der Waals surface area contributed by atoms with Crippen molar-refractivity contribution in [3.8, 4) is 0 Å². The van der Waals surface area contributed by atoms with E-state index in [2.05, 4.69) is 0 Å². The first-order valence-electron chi connectivity index (χ1n) is 7.65. The van der Waals surface area contributed by atoms with E-state index in [9.17, 15) is 18.0 Å². The summed E-state index contributed by atoms with van der Waals surface area (Å²) in [4.78, 5) is 24.7. The summed E-state index contributed by atoms with van der Waals surface area (Å²) in [5.74, 6) is -1.50. The number of aliphatic carboxylic acids is 1. The molecule has 21 heavy (non-hydrogen) atoms. The molecule has 1 aliphatic heterocycles. The Morgan fingerprint density at radius 1 is 1.05 bits per heavy atom. The highest BCUT2D eigenvalue weighted by atomic mass is 32.2. The third-order valence-corrected chi connectivity index (χ3v) is 6.78. The minimum absolute atomic E-state index is 0.0946. The number of rotatable bonds is 5. The van der Waals surface area contributed by atoms with E-state index in [-0.39, 0.29) is 23.3 Å². The molecule has 0 radical (unpaired) electrons. The number of hydrogen-bond acceptors (Lipinski definition) is 4. The number of hydrogen-bond donors (Lipinski definition) is 1. The van der Waals surface area contributed by atoms with Crippen LogP contribution in [0.15, 0.2) is 0 Å². The molecule has 1 aliphatic carbocycles. The molecule has 1 saturated heterocycles. The topological polar surface area (TPSA) is 91.8 Å². The van der Waals surface area contributed by atoms with Crippen molar-refractivity contribution >= 4 is 21.7 Å². The van der Waals surface area contributed by atoms with Gasteiger partial charge in [-0.3, -0.25) is 4.79 Å². The van der Waals surface area contributed by atoms with Gasteiger partial charge in [0, 0.05) is 13.0 Å². The van der Waals surface area contributed by atoms with Crippen molar-refractivity contribution < 1.29 is 23.1 Å². The Balaban J connectivity index is 1.92. The molecule has 1 amide bonds. The van der Waals surface area contributed by atoms with Crippen molar-refractivity contribution in [3.05, 3.63) is 0 Å². The van der Waals surface area contributed by atoms with Crippen molar-refractivity contribution in [2.24, 2.45) is 0 Å². The van der Waals surface area contributed by atoms with Gasteiger partial charge in [-0.25, -0.2) is 13.2 Å². The van der Waals surface area contributed by atoms with Gasteiger partial charge in [0.2, 0.25) is 5.91 Å². The Morgan fingerprint density at radius 2 is 1.67 bits per heavy atom. The molecule has 1 atom stereocenters. The van der Waals surface area contributed by atoms with Crippen LogP contribution in [-0.4, -0.2) is 53.9 Å². The van der Waals surface area contributed by atoms with Gasteiger partial charge in [0.1, 0.15) is 6.04 Å². The summed E-state index contributed by atoms with van der Waals surface area (Å²) in [6.07, 6.45) is 5.19. The number of nitrogens with zero attached hydrogens (tertiary/aromatic N) is 1. The van der Waals surface area contributed by atoms with Crippen molar-refractivity contribution in [3.63, 3.8) is 0 Å². The van der Waals surface area contributed by atoms with E-state index < -0.39 is 21.8 Å². The van der Waals surface area contributed by atoms with E-state index in [1.807, 2.05) is 0 Å². The van der Waals surface area contributed by atoms with Crippen molar-refractivity contribution in [2.45, 2.75) is 62.7 Å². The van der Waals surface area contributed by atoms with Crippen LogP contribution in [0.4, 0.5) is 0 Å². The van der Waals surface area contributed by atoms with Crippen LogP contribution in [0.2, 0.25) is 0 Å². The number of carboxylic acids is 1. The molecule has 2 fully saturated rings. The quantitative estimate of drug-likeness (QED) is 0.822. The molecule has 0 unspecified atom stereocenters. The number of amides is 1. The predicted molar refractivity (Wildman–Crippen MR) is 77.6 cm³/mol. The highest BCUT2D eigenvalue weighted by molar-refractivity contribution is 7.92. The highest BCUT2D eigenvalue weighted by Gasteiger charge is 2.34. The van der Waals surface area contributed by atoms with E-state index in [1.165, 1.54) is 4.90 Å². The van der Waals surface area contributed by atoms with E-state index in [4.69, 9.17) is 5.11 Å². The van der Waals surface area contributed by atoms with Crippen molar-refractivity contribution in [1.82, 2.24) is 4.90 Å². The van der Waals surface area contributed by atoms with Crippen LogP contribution in [0, 0.1) is 0 Å². The standard InChI is InChI=1S/C14H23NO5S/c16-13(15-9-4-3-7-12(15)14(17)18)8-10-21(19,20)11-5-1-2-6-11/h11-12H,1-10H2,(H,17,18)/t12-/m0/s1. The highest BCUT2D eigenvalue weighted by Crippen LogP contribution is 2.26. The molecule has 1 heterocycles. The molecule has 0 aromatic carbocycles. The lowest BCUT2D eigenvalue weighted by Gasteiger charge is -2.33. The summed E-state index contributed by atoms with van der Waals surface area (Å²) in [6.45, 7) is 0.416. The van der Waals surface area contributed by atoms with E-state index in [1.54, 1.807) is 0 Å². The fraction of sp³-hybridized carbons (Fsp3) is 0.857. The van der Waals surface area contributed by atoms with E-state index >= 15 is 0 Å². The van der Waals surface area contributed by atoms with Gasteiger partial charge in [-0.15, -0.1) is 0 Å². The van der Waals surface area contributed by atoms with Crippen LogP contribution in [0.5, 0.6) is 0 Å². The van der Waals surface area contributed by atoms with Gasteiger partial charge in [0.05, 0.1) is 11.0 Å². The maximum absolute atomic E-state index is 12.2. The number of carboxylic acid groups (broad SMARTS) is 1. The average Bonchev–Trinajstić information content (AvgIpc) is 3.00. The molecule has 1 saturated carbocycles. The van der Waals surface area contributed by atoms with Gasteiger partial charge in [-0.2, -0.15) is 0 Å². The predicted octanol–water partition coefficient (Wildman–Crippen LogP) is 1.20. The molecule has 6 nitrogen and oxygen atoms in total. The zero-order valence-electron chi connectivity index (χ0n) is 12.2. The van der Waals surface area contributed by atoms with E-state index in [0.29, 0.717) is 25.8 Å². The van der Waals surface area contributed by atoms with Crippen LogP contribution >= 0.6 is 0 Å². The van der Waals surface area contributed by atoms with Gasteiger partial charge in [0.15, 0.2) is 9.84 Å². The van der Waals surface area contributed by atoms with Crippen LogP contribution in [-0.2, 0) is 19.4 Å². The third kappa shape index (κ3) is 3.96. The fourth-order valence-electron chi connectivity index (χ4n) is 3.27. The Labute approximate surface area is 125 Å². The Hall–Kier alpha value is -1.11. The van der Waals surface area contributed by atoms with Gasteiger partial charge in [0.25, 0.3) is 0 Å². The Kier molecular flexibility index (Phi) is 5.24. The monoisotopic (exact) mass is 317 g/mol. The summed E-state index contributed by atoms with van der Waals surface area (Å²) < 4.78 is 24.3. The van der Waals surface area contributed by atoms with Crippen LogP contribution in [0.25, 0.3) is 0 Å². The molecule has 2 rings (SSSR count). The number of carbonyl (C=O) groups is 2. The Morgan fingerprint density at radius 3 is 2.29 bits per heavy atom. The molecule has 0 aromatic rings. The molecule has 0 aromatic heterocycles. The lowest BCUT2D eigenvalue weighted by atomic mass is 10.0. The second-order valence-electron chi connectivity index (χ2n) is 5.96. The molecule has 2 aliphatic rings. The molecular formula is C14H23NO5S. The number of sulfone groups is 1. The average molecular weight is 317 g/mol. The zero-order chi connectivity index (χ0) is 15.5. The molecule has 0 bridgehead atoms. The first-order valence-corrected chi connectivity index (χ1v) is 9.37. The largest absolute Gasteiger partial charge is 0.480 e. The van der Waals surface area contributed by atoms with Gasteiger partial charge >= 0.3 is 5.97 Å². The summed E-state index contributed by atoms with van der Waals surface area (Å²) in [5.41, 5.74) is 0. The first kappa shape index (κ1) is 16.3. The second-order valence-corrected chi connectivity index (χ2v) is 8.36. The number of piperidine rings is 1. The fourth-order valence-corrected chi connectivity index (χ4v) is 5.12. The minimum Gasteiger partial charge on any atom is -0.480 e. The van der Waals surface area contributed by atoms with Crippen molar-refractivity contribution in [1.29, 1.82) is 0 Å². The molecule has 7 heteroatoms. The Bertz CT molecular complexity index is 495. The first-order chi connectivity index (χ1) is 9.92. The lowest BCUT2D eigenvalue weighted by Crippen LogP contribution is -2.48. The summed E-state index contributed by atoms with van der Waals surface area (Å²) >= 11 is 0. The van der Waals surface area contributed by atoms with Crippen LogP contribution in [0.1, 0.15) is 51.4 Å². The third-order valence-electron chi connectivity index (χ3n) is 4.52. The van der Waals surface area contributed by atoms with E-state index in [0.717, 1.165) is 25.7 Å². The maximum atomic E-state index is 12.2.